The first-order chi connectivity index (χ1) is 13.4. The molecule has 2 aromatic rings. The number of rotatable bonds is 10. The number of carbonyl (C=O) groups excluding carboxylic acids is 1. The number of hydrazone groups is 1. The summed E-state index contributed by atoms with van der Waals surface area (Å²) in [6, 6.07) is 3.73. The zero-order valence-electron chi connectivity index (χ0n) is 16.3. The number of carbonyl (C=O) groups is 1. The van der Waals surface area contributed by atoms with E-state index in [-0.39, 0.29) is 18.5 Å². The molecule has 0 saturated heterocycles. The van der Waals surface area contributed by atoms with E-state index in [0.29, 0.717) is 35.5 Å². The van der Waals surface area contributed by atoms with Crippen LogP contribution in [0.4, 0.5) is 5.13 Å². The maximum atomic E-state index is 11.5. The average molecular weight is 470 g/mol. The molecule has 1 aromatic carbocycles. The van der Waals surface area contributed by atoms with E-state index in [1.165, 1.54) is 11.3 Å². The minimum Gasteiger partial charge on any atom is -0.490 e. The number of aromatic nitrogens is 1. The summed E-state index contributed by atoms with van der Waals surface area (Å²) in [4.78, 5) is 15.8. The molecular formula is C19H24BrN3O4S. The molecule has 0 bridgehead atoms. The Hall–Kier alpha value is -2.13. The summed E-state index contributed by atoms with van der Waals surface area (Å²) in [6.45, 7) is 8.52. The molecule has 152 valence electrons. The Kier molecular flexibility index (Phi) is 8.72. The summed E-state index contributed by atoms with van der Waals surface area (Å²) in [5.41, 5.74) is 4.35. The molecule has 0 amide bonds. The van der Waals surface area contributed by atoms with E-state index in [1.807, 2.05) is 32.9 Å². The van der Waals surface area contributed by atoms with E-state index in [9.17, 15) is 4.79 Å². The lowest BCUT2D eigenvalue weighted by Crippen LogP contribution is -2.08. The molecule has 28 heavy (non-hydrogen) atoms. The zero-order chi connectivity index (χ0) is 20.5. The van der Waals surface area contributed by atoms with Crippen LogP contribution in [0.1, 0.15) is 39.0 Å². The number of anilines is 1. The lowest BCUT2D eigenvalue weighted by atomic mass is 10.2. The van der Waals surface area contributed by atoms with E-state index in [1.54, 1.807) is 18.5 Å². The fourth-order valence-corrected chi connectivity index (χ4v) is 3.30. The minimum atomic E-state index is -0.293. The molecule has 2 rings (SSSR count). The van der Waals surface area contributed by atoms with Gasteiger partial charge in [0.2, 0.25) is 5.13 Å². The second kappa shape index (κ2) is 11.0. The number of nitrogens with one attached hydrogen (secondary N) is 1. The second-order valence-corrected chi connectivity index (χ2v) is 7.63. The van der Waals surface area contributed by atoms with Gasteiger partial charge in [-0.3, -0.25) is 10.2 Å². The molecular weight excluding hydrogens is 446 g/mol. The van der Waals surface area contributed by atoms with Crippen LogP contribution in [0.5, 0.6) is 11.5 Å². The number of ether oxygens (including phenoxy) is 3. The van der Waals surface area contributed by atoms with Crippen LogP contribution in [0.2, 0.25) is 0 Å². The van der Waals surface area contributed by atoms with Gasteiger partial charge in [0.25, 0.3) is 0 Å². The summed E-state index contributed by atoms with van der Waals surface area (Å²) < 4.78 is 17.2. The molecule has 1 heterocycles. The van der Waals surface area contributed by atoms with Crippen molar-refractivity contribution in [3.8, 4) is 11.5 Å². The maximum absolute atomic E-state index is 11.5. The predicted octanol–water partition coefficient (Wildman–Crippen LogP) is 4.64. The summed E-state index contributed by atoms with van der Waals surface area (Å²) in [6.07, 6.45) is 1.86. The first kappa shape index (κ1) is 22.2. The largest absolute Gasteiger partial charge is 0.490 e. The van der Waals surface area contributed by atoms with Crippen LogP contribution in [0, 0.1) is 0 Å². The molecule has 0 aliphatic heterocycles. The Morgan fingerprint density at radius 3 is 2.79 bits per heavy atom. The van der Waals surface area contributed by atoms with Gasteiger partial charge in [-0.2, -0.15) is 5.10 Å². The highest BCUT2D eigenvalue weighted by Crippen LogP contribution is 2.34. The Balaban J connectivity index is 2.06. The van der Waals surface area contributed by atoms with Crippen molar-refractivity contribution in [1.29, 1.82) is 0 Å². The van der Waals surface area contributed by atoms with Crippen LogP contribution in [-0.4, -0.2) is 36.5 Å². The van der Waals surface area contributed by atoms with Crippen LogP contribution in [0.25, 0.3) is 0 Å². The maximum Gasteiger partial charge on any atom is 0.311 e. The highest BCUT2D eigenvalue weighted by Gasteiger charge is 2.12. The van der Waals surface area contributed by atoms with Crippen LogP contribution in [-0.2, 0) is 16.0 Å². The number of nitrogens with zero attached hydrogens (tertiary/aromatic N) is 2. The van der Waals surface area contributed by atoms with Crippen molar-refractivity contribution >= 4 is 44.6 Å². The Bertz CT molecular complexity index is 824. The van der Waals surface area contributed by atoms with Gasteiger partial charge in [0.15, 0.2) is 11.5 Å². The fraction of sp³-hybridized carbons (Fsp3) is 0.421. The Morgan fingerprint density at radius 2 is 2.11 bits per heavy atom. The molecule has 0 atom stereocenters. The Labute approximate surface area is 177 Å². The Morgan fingerprint density at radius 1 is 1.32 bits per heavy atom. The smallest absolute Gasteiger partial charge is 0.311 e. The highest BCUT2D eigenvalue weighted by molar-refractivity contribution is 9.10. The summed E-state index contributed by atoms with van der Waals surface area (Å²) in [5.74, 6) is 1.04. The van der Waals surface area contributed by atoms with Gasteiger partial charge in [-0.1, -0.05) is 0 Å². The van der Waals surface area contributed by atoms with Crippen molar-refractivity contribution in [3.63, 3.8) is 0 Å². The lowest BCUT2D eigenvalue weighted by molar-refractivity contribution is -0.142. The third kappa shape index (κ3) is 6.79. The van der Waals surface area contributed by atoms with Gasteiger partial charge in [-0.15, -0.1) is 11.3 Å². The second-order valence-electron chi connectivity index (χ2n) is 5.92. The van der Waals surface area contributed by atoms with Crippen LogP contribution in [0.15, 0.2) is 27.1 Å². The number of halogens is 1. The predicted molar refractivity (Wildman–Crippen MR) is 115 cm³/mol. The molecule has 1 aromatic heterocycles. The quantitative estimate of drug-likeness (QED) is 0.310. The molecule has 0 spiro atoms. The van der Waals surface area contributed by atoms with Crippen molar-refractivity contribution in [2.75, 3.05) is 18.6 Å². The van der Waals surface area contributed by atoms with Crippen LogP contribution in [0.3, 0.4) is 0 Å². The average Bonchev–Trinajstić information content (AvgIpc) is 3.05. The van der Waals surface area contributed by atoms with Crippen molar-refractivity contribution in [3.05, 3.63) is 33.2 Å². The van der Waals surface area contributed by atoms with Crippen molar-refractivity contribution in [2.45, 2.75) is 40.2 Å². The number of hydrogen-bond acceptors (Lipinski definition) is 8. The van der Waals surface area contributed by atoms with Gasteiger partial charge in [0.1, 0.15) is 0 Å². The van der Waals surface area contributed by atoms with Crippen LogP contribution < -0.4 is 14.9 Å². The first-order valence-corrected chi connectivity index (χ1v) is 10.6. The normalized spacial score (nSPS) is 11.1. The number of esters is 1. The number of thiazole rings is 1. The molecule has 0 fully saturated rings. The first-order valence-electron chi connectivity index (χ1n) is 8.95. The molecule has 0 aliphatic carbocycles. The van der Waals surface area contributed by atoms with E-state index in [4.69, 9.17) is 14.2 Å². The van der Waals surface area contributed by atoms with Gasteiger partial charge in [-0.25, -0.2) is 4.98 Å². The standard InChI is InChI=1S/C19H24BrN3O4S/c1-5-25-16-7-13(15(20)9-17(16)27-12(3)4)10-21-23-19-22-14(11-28-19)8-18(24)26-6-2/h7,9-12H,5-6,8H2,1-4H3,(H,22,23). The molecule has 0 aliphatic rings. The number of hydrogen-bond donors (Lipinski definition) is 1. The van der Waals surface area contributed by atoms with Gasteiger partial charge in [-0.05, 0) is 55.8 Å². The third-order valence-corrected chi connectivity index (χ3v) is 4.75. The minimum absolute atomic E-state index is 0.0426. The lowest BCUT2D eigenvalue weighted by Gasteiger charge is -2.15. The van der Waals surface area contributed by atoms with E-state index < -0.39 is 0 Å². The third-order valence-electron chi connectivity index (χ3n) is 3.27. The van der Waals surface area contributed by atoms with E-state index >= 15 is 0 Å². The summed E-state index contributed by atoms with van der Waals surface area (Å²) in [5, 5.41) is 6.62. The van der Waals surface area contributed by atoms with Crippen molar-refractivity contribution in [2.24, 2.45) is 5.10 Å². The summed E-state index contributed by atoms with van der Waals surface area (Å²) >= 11 is 4.91. The van der Waals surface area contributed by atoms with E-state index in [2.05, 4.69) is 31.4 Å². The monoisotopic (exact) mass is 469 g/mol. The molecule has 9 heteroatoms. The highest BCUT2D eigenvalue weighted by atomic mass is 79.9. The summed E-state index contributed by atoms with van der Waals surface area (Å²) in [7, 11) is 0. The van der Waals surface area contributed by atoms with Gasteiger partial charge >= 0.3 is 5.97 Å². The molecule has 1 N–H and O–H groups in total. The molecule has 7 nitrogen and oxygen atoms in total. The van der Waals surface area contributed by atoms with Gasteiger partial charge in [0, 0.05) is 15.4 Å². The van der Waals surface area contributed by atoms with Crippen molar-refractivity contribution in [1.82, 2.24) is 4.98 Å². The molecule has 0 unspecified atom stereocenters. The number of benzene rings is 1. The van der Waals surface area contributed by atoms with Crippen LogP contribution >= 0.6 is 27.3 Å². The van der Waals surface area contributed by atoms with Gasteiger partial charge in [0.05, 0.1) is 37.6 Å². The molecule has 0 radical (unpaired) electrons. The molecule has 0 saturated carbocycles. The van der Waals surface area contributed by atoms with Crippen molar-refractivity contribution < 1.29 is 19.0 Å². The SMILES string of the molecule is CCOC(=O)Cc1csc(NN=Cc2cc(OCC)c(OC(C)C)cc2Br)n1. The topological polar surface area (TPSA) is 82.0 Å². The fourth-order valence-electron chi connectivity index (χ4n) is 2.22. The van der Waals surface area contributed by atoms with E-state index in [0.717, 1.165) is 10.0 Å². The zero-order valence-corrected chi connectivity index (χ0v) is 18.7. The van der Waals surface area contributed by atoms with Gasteiger partial charge < -0.3 is 14.2 Å².